The van der Waals surface area contributed by atoms with Gasteiger partial charge in [0.1, 0.15) is 0 Å². The van der Waals surface area contributed by atoms with Crippen LogP contribution in [-0.2, 0) is 9.53 Å². The maximum atomic E-state index is 12.7. The maximum absolute atomic E-state index is 12.7. The predicted molar refractivity (Wildman–Crippen MR) is 97.4 cm³/mol. The van der Waals surface area contributed by atoms with Gasteiger partial charge in [0.25, 0.3) is 0 Å². The second-order valence-corrected chi connectivity index (χ2v) is 6.54. The molecule has 2 heterocycles. The van der Waals surface area contributed by atoms with E-state index in [-0.39, 0.29) is 11.9 Å². The predicted octanol–water partition coefficient (Wildman–Crippen LogP) is 2.24. The van der Waals surface area contributed by atoms with Gasteiger partial charge in [-0.15, -0.1) is 0 Å². The molecule has 1 amide bonds. The molecular weight excluding hydrogens is 314 g/mol. The molecule has 1 atom stereocenters. The summed E-state index contributed by atoms with van der Waals surface area (Å²) < 4.78 is 5.35. The number of benzene rings is 1. The summed E-state index contributed by atoms with van der Waals surface area (Å²) in [4.78, 5) is 19.0. The van der Waals surface area contributed by atoms with Gasteiger partial charge in [0.15, 0.2) is 0 Å². The Morgan fingerprint density at radius 2 is 2.08 bits per heavy atom. The Morgan fingerprint density at radius 3 is 2.80 bits per heavy atom. The molecule has 0 spiro atoms. The molecular formula is C20H25N3O2. The highest BCUT2D eigenvalue weighted by Crippen LogP contribution is 2.25. The number of aryl methyl sites for hydroxylation is 2. The number of morpholine rings is 1. The first-order valence-corrected chi connectivity index (χ1v) is 8.70. The topological polar surface area (TPSA) is 54.5 Å². The Hall–Kier alpha value is -2.24. The second-order valence-electron chi connectivity index (χ2n) is 6.54. The van der Waals surface area contributed by atoms with Gasteiger partial charge in [-0.1, -0.05) is 29.8 Å². The summed E-state index contributed by atoms with van der Waals surface area (Å²) >= 11 is 0. The summed E-state index contributed by atoms with van der Waals surface area (Å²) in [5.74, 6) is 0.0247. The number of pyridine rings is 1. The standard InChI is InChI=1S/C20H25N3O2/c1-15-5-6-16(2)18(12-15)20(17-4-3-7-21-13-17)22-19(24)14-23-8-10-25-11-9-23/h3-7,12-13,20H,8-11,14H2,1-2H3,(H,22,24)/t20-/m0/s1. The summed E-state index contributed by atoms with van der Waals surface area (Å²) in [5, 5.41) is 3.20. The van der Waals surface area contributed by atoms with E-state index in [0.717, 1.165) is 29.8 Å². The number of hydrogen-bond acceptors (Lipinski definition) is 4. The van der Waals surface area contributed by atoms with Crippen molar-refractivity contribution in [2.45, 2.75) is 19.9 Å². The van der Waals surface area contributed by atoms with E-state index in [9.17, 15) is 4.79 Å². The first-order chi connectivity index (χ1) is 12.1. The van der Waals surface area contributed by atoms with Crippen molar-refractivity contribution in [3.8, 4) is 0 Å². The smallest absolute Gasteiger partial charge is 0.234 e. The number of rotatable bonds is 5. The van der Waals surface area contributed by atoms with Crippen LogP contribution >= 0.6 is 0 Å². The molecule has 3 rings (SSSR count). The SMILES string of the molecule is Cc1ccc(C)c([C@@H](NC(=O)CN2CCOCC2)c2cccnc2)c1. The maximum Gasteiger partial charge on any atom is 0.234 e. The van der Waals surface area contributed by atoms with Crippen LogP contribution < -0.4 is 5.32 Å². The Bertz CT molecular complexity index is 712. The third kappa shape index (κ3) is 4.65. The first kappa shape index (κ1) is 17.6. The van der Waals surface area contributed by atoms with E-state index in [1.54, 1.807) is 6.20 Å². The number of aromatic nitrogens is 1. The van der Waals surface area contributed by atoms with E-state index in [4.69, 9.17) is 4.74 Å². The number of hydrogen-bond donors (Lipinski definition) is 1. The molecule has 2 aromatic rings. The van der Waals surface area contributed by atoms with Gasteiger partial charge in [-0.25, -0.2) is 0 Å². The molecule has 1 aromatic carbocycles. The average molecular weight is 339 g/mol. The Balaban J connectivity index is 1.81. The van der Waals surface area contributed by atoms with Crippen molar-refractivity contribution in [3.05, 3.63) is 65.0 Å². The fourth-order valence-electron chi connectivity index (χ4n) is 3.13. The van der Waals surface area contributed by atoms with E-state index >= 15 is 0 Å². The molecule has 0 unspecified atom stereocenters. The van der Waals surface area contributed by atoms with E-state index in [0.29, 0.717) is 19.8 Å². The number of amides is 1. The van der Waals surface area contributed by atoms with Gasteiger partial charge in [0.05, 0.1) is 25.8 Å². The van der Waals surface area contributed by atoms with Crippen LogP contribution in [0, 0.1) is 13.8 Å². The molecule has 0 bridgehead atoms. The quantitative estimate of drug-likeness (QED) is 0.908. The fraction of sp³-hybridized carbons (Fsp3) is 0.400. The van der Waals surface area contributed by atoms with E-state index in [2.05, 4.69) is 47.2 Å². The zero-order chi connectivity index (χ0) is 17.6. The number of ether oxygens (including phenoxy) is 1. The lowest BCUT2D eigenvalue weighted by molar-refractivity contribution is -0.123. The third-order valence-electron chi connectivity index (χ3n) is 4.54. The summed E-state index contributed by atoms with van der Waals surface area (Å²) in [5.41, 5.74) is 4.44. The van der Waals surface area contributed by atoms with Crippen molar-refractivity contribution in [2.75, 3.05) is 32.8 Å². The lowest BCUT2D eigenvalue weighted by atomic mass is 9.94. The first-order valence-electron chi connectivity index (χ1n) is 8.70. The summed E-state index contributed by atoms with van der Waals surface area (Å²) in [6, 6.07) is 10.1. The van der Waals surface area contributed by atoms with Crippen LogP contribution in [0.5, 0.6) is 0 Å². The highest BCUT2D eigenvalue weighted by molar-refractivity contribution is 5.79. The van der Waals surface area contributed by atoms with Gasteiger partial charge in [0.2, 0.25) is 5.91 Å². The van der Waals surface area contributed by atoms with E-state index in [1.165, 1.54) is 5.56 Å². The Kier molecular flexibility index (Phi) is 5.79. The molecule has 1 fully saturated rings. The number of nitrogens with zero attached hydrogens (tertiary/aromatic N) is 2. The molecule has 1 saturated heterocycles. The van der Waals surface area contributed by atoms with Gasteiger partial charge in [-0.2, -0.15) is 0 Å². The molecule has 132 valence electrons. The molecule has 1 aliphatic heterocycles. The summed E-state index contributed by atoms with van der Waals surface area (Å²) in [6.07, 6.45) is 3.57. The second kappa shape index (κ2) is 8.23. The van der Waals surface area contributed by atoms with Crippen LogP contribution in [0.15, 0.2) is 42.7 Å². The average Bonchev–Trinajstić information content (AvgIpc) is 2.63. The van der Waals surface area contributed by atoms with Crippen molar-refractivity contribution >= 4 is 5.91 Å². The van der Waals surface area contributed by atoms with Gasteiger partial charge < -0.3 is 10.1 Å². The fourth-order valence-corrected chi connectivity index (χ4v) is 3.13. The molecule has 0 saturated carbocycles. The minimum Gasteiger partial charge on any atom is -0.379 e. The Morgan fingerprint density at radius 1 is 1.28 bits per heavy atom. The molecule has 0 aliphatic carbocycles. The minimum atomic E-state index is -0.192. The van der Waals surface area contributed by atoms with Gasteiger partial charge >= 0.3 is 0 Å². The van der Waals surface area contributed by atoms with Crippen molar-refractivity contribution in [1.29, 1.82) is 0 Å². The van der Waals surface area contributed by atoms with Crippen LogP contribution in [0.4, 0.5) is 0 Å². The number of carbonyl (C=O) groups excluding carboxylic acids is 1. The molecule has 1 aliphatic rings. The molecule has 1 N–H and O–H groups in total. The number of carbonyl (C=O) groups is 1. The van der Waals surface area contributed by atoms with Crippen molar-refractivity contribution in [2.24, 2.45) is 0 Å². The van der Waals surface area contributed by atoms with Gasteiger partial charge in [-0.3, -0.25) is 14.7 Å². The highest BCUT2D eigenvalue weighted by atomic mass is 16.5. The van der Waals surface area contributed by atoms with Crippen LogP contribution in [0.3, 0.4) is 0 Å². The molecule has 0 radical (unpaired) electrons. The zero-order valence-corrected chi connectivity index (χ0v) is 14.9. The molecule has 5 nitrogen and oxygen atoms in total. The van der Waals surface area contributed by atoms with Crippen LogP contribution in [0.1, 0.15) is 28.3 Å². The van der Waals surface area contributed by atoms with E-state index < -0.39 is 0 Å². The third-order valence-corrected chi connectivity index (χ3v) is 4.54. The van der Waals surface area contributed by atoms with Gasteiger partial charge in [0, 0.05) is 25.5 Å². The lowest BCUT2D eigenvalue weighted by Gasteiger charge is -2.27. The van der Waals surface area contributed by atoms with E-state index in [1.807, 2.05) is 18.3 Å². The van der Waals surface area contributed by atoms with Crippen LogP contribution in [-0.4, -0.2) is 48.6 Å². The normalized spacial score (nSPS) is 16.4. The zero-order valence-electron chi connectivity index (χ0n) is 14.9. The minimum absolute atomic E-state index is 0.0247. The monoisotopic (exact) mass is 339 g/mol. The molecule has 25 heavy (non-hydrogen) atoms. The highest BCUT2D eigenvalue weighted by Gasteiger charge is 2.21. The van der Waals surface area contributed by atoms with Crippen molar-refractivity contribution in [1.82, 2.24) is 15.2 Å². The van der Waals surface area contributed by atoms with Crippen LogP contribution in [0.2, 0.25) is 0 Å². The van der Waals surface area contributed by atoms with Crippen LogP contribution in [0.25, 0.3) is 0 Å². The van der Waals surface area contributed by atoms with Crippen molar-refractivity contribution < 1.29 is 9.53 Å². The largest absolute Gasteiger partial charge is 0.379 e. The molecule has 5 heteroatoms. The summed E-state index contributed by atoms with van der Waals surface area (Å²) in [6.45, 7) is 7.52. The number of nitrogens with one attached hydrogen (secondary N) is 1. The molecule has 1 aromatic heterocycles. The Labute approximate surface area is 149 Å². The van der Waals surface area contributed by atoms with Crippen molar-refractivity contribution in [3.63, 3.8) is 0 Å². The lowest BCUT2D eigenvalue weighted by Crippen LogP contribution is -2.44. The summed E-state index contributed by atoms with van der Waals surface area (Å²) in [7, 11) is 0. The van der Waals surface area contributed by atoms with Gasteiger partial charge in [-0.05, 0) is 36.6 Å².